The minimum atomic E-state index is -0.488. The van der Waals surface area contributed by atoms with E-state index in [1.54, 1.807) is 24.3 Å². The summed E-state index contributed by atoms with van der Waals surface area (Å²) in [5.74, 6) is 0.767. The van der Waals surface area contributed by atoms with Crippen LogP contribution in [0.15, 0.2) is 30.5 Å². The van der Waals surface area contributed by atoms with E-state index in [2.05, 4.69) is 0 Å². The van der Waals surface area contributed by atoms with Gasteiger partial charge in [-0.3, -0.25) is 10.1 Å². The minimum absolute atomic E-state index is 0.130. The third kappa shape index (κ3) is 4.26. The van der Waals surface area contributed by atoms with Crippen molar-refractivity contribution in [3.8, 4) is 5.75 Å². The summed E-state index contributed by atoms with van der Waals surface area (Å²) in [7, 11) is 0. The summed E-state index contributed by atoms with van der Waals surface area (Å²) in [5.41, 5.74) is 0.780. The van der Waals surface area contributed by atoms with E-state index in [9.17, 15) is 10.1 Å². The van der Waals surface area contributed by atoms with Crippen molar-refractivity contribution in [3.63, 3.8) is 0 Å². The molecule has 0 bridgehead atoms. The summed E-state index contributed by atoms with van der Waals surface area (Å²) in [5, 5.41) is 10.1. The lowest BCUT2D eigenvalue weighted by Gasteiger charge is -2.08. The Bertz CT molecular complexity index is 355. The first-order valence-electron chi connectivity index (χ1n) is 4.66. The van der Waals surface area contributed by atoms with Gasteiger partial charge in [0.2, 0.25) is 6.20 Å². The Balaban J connectivity index is 2.68. The molecule has 1 aromatic carbocycles. The molecule has 4 nitrogen and oxygen atoms in total. The number of hydrogen-bond donors (Lipinski definition) is 0. The van der Waals surface area contributed by atoms with E-state index in [1.807, 2.05) is 13.8 Å². The van der Waals surface area contributed by atoms with E-state index in [0.29, 0.717) is 0 Å². The Morgan fingerprint density at radius 1 is 1.33 bits per heavy atom. The molecule has 0 radical (unpaired) electrons. The average Bonchev–Trinajstić information content (AvgIpc) is 2.16. The van der Waals surface area contributed by atoms with Crippen LogP contribution in [-0.4, -0.2) is 11.0 Å². The van der Waals surface area contributed by atoms with E-state index in [-0.39, 0.29) is 6.10 Å². The molecule has 0 aliphatic heterocycles. The predicted octanol–water partition coefficient (Wildman–Crippen LogP) is 2.72. The second-order valence-corrected chi connectivity index (χ2v) is 3.34. The van der Waals surface area contributed by atoms with Crippen LogP contribution in [0, 0.1) is 10.1 Å². The molecule has 0 saturated carbocycles. The summed E-state index contributed by atoms with van der Waals surface area (Å²) >= 11 is 0. The molecule has 0 unspecified atom stereocenters. The molecule has 0 saturated heterocycles. The Morgan fingerprint density at radius 2 is 1.93 bits per heavy atom. The fourth-order valence-electron chi connectivity index (χ4n) is 1.08. The summed E-state index contributed by atoms with van der Waals surface area (Å²) in [6, 6.07) is 7.13. The molecule has 0 amide bonds. The van der Waals surface area contributed by atoms with Crippen LogP contribution in [0.4, 0.5) is 0 Å². The quantitative estimate of drug-likeness (QED) is 0.563. The molecule has 4 heteroatoms. The first-order valence-corrected chi connectivity index (χ1v) is 4.66. The maximum absolute atomic E-state index is 10.1. The van der Waals surface area contributed by atoms with Gasteiger partial charge in [0, 0.05) is 6.08 Å². The van der Waals surface area contributed by atoms with E-state index < -0.39 is 4.92 Å². The molecule has 80 valence electrons. The highest BCUT2D eigenvalue weighted by Gasteiger charge is 1.96. The molecular formula is C11H13NO3. The monoisotopic (exact) mass is 207 g/mol. The van der Waals surface area contributed by atoms with Gasteiger partial charge in [0.25, 0.3) is 0 Å². The highest BCUT2D eigenvalue weighted by molar-refractivity contribution is 5.49. The van der Waals surface area contributed by atoms with Crippen molar-refractivity contribution >= 4 is 6.08 Å². The van der Waals surface area contributed by atoms with Gasteiger partial charge < -0.3 is 4.74 Å². The molecule has 0 heterocycles. The second kappa shape index (κ2) is 5.14. The molecule has 1 aromatic rings. The van der Waals surface area contributed by atoms with E-state index >= 15 is 0 Å². The van der Waals surface area contributed by atoms with E-state index in [0.717, 1.165) is 17.5 Å². The Kier molecular flexibility index (Phi) is 3.85. The van der Waals surface area contributed by atoms with Gasteiger partial charge in [-0.05, 0) is 31.5 Å². The van der Waals surface area contributed by atoms with Gasteiger partial charge in [0.1, 0.15) is 5.75 Å². The molecule has 0 fully saturated rings. The zero-order valence-electron chi connectivity index (χ0n) is 8.71. The molecule has 1 rings (SSSR count). The first kappa shape index (κ1) is 11.2. The SMILES string of the molecule is CC(C)Oc1ccc(C=C[N+](=O)[O-])cc1. The van der Waals surface area contributed by atoms with Crippen molar-refractivity contribution in [2.75, 3.05) is 0 Å². The second-order valence-electron chi connectivity index (χ2n) is 3.34. The summed E-state index contributed by atoms with van der Waals surface area (Å²) in [6.45, 7) is 3.89. The number of nitro groups is 1. The smallest absolute Gasteiger partial charge is 0.235 e. The molecule has 0 aliphatic carbocycles. The fourth-order valence-corrected chi connectivity index (χ4v) is 1.08. The van der Waals surface area contributed by atoms with Crippen molar-refractivity contribution in [2.45, 2.75) is 20.0 Å². The van der Waals surface area contributed by atoms with Crippen molar-refractivity contribution < 1.29 is 9.66 Å². The normalized spacial score (nSPS) is 10.9. The standard InChI is InChI=1S/C11H13NO3/c1-9(2)15-11-5-3-10(4-6-11)7-8-12(13)14/h3-9H,1-2H3. The van der Waals surface area contributed by atoms with Gasteiger partial charge in [-0.1, -0.05) is 12.1 Å². The van der Waals surface area contributed by atoms with Crippen molar-refractivity contribution in [1.29, 1.82) is 0 Å². The summed E-state index contributed by atoms with van der Waals surface area (Å²) in [4.78, 5) is 9.59. The predicted molar refractivity (Wildman–Crippen MR) is 58.2 cm³/mol. The Hall–Kier alpha value is -1.84. The van der Waals surface area contributed by atoms with Crippen LogP contribution in [0.2, 0.25) is 0 Å². The van der Waals surface area contributed by atoms with Crippen molar-refractivity contribution in [3.05, 3.63) is 46.1 Å². The maximum Gasteiger partial charge on any atom is 0.235 e. The van der Waals surface area contributed by atoms with Gasteiger partial charge in [0.15, 0.2) is 0 Å². The van der Waals surface area contributed by atoms with Gasteiger partial charge in [-0.2, -0.15) is 0 Å². The number of rotatable bonds is 4. The highest BCUT2D eigenvalue weighted by atomic mass is 16.6. The van der Waals surface area contributed by atoms with Crippen molar-refractivity contribution in [1.82, 2.24) is 0 Å². The van der Waals surface area contributed by atoms with Crippen LogP contribution in [0.5, 0.6) is 5.75 Å². The third-order valence-corrected chi connectivity index (χ3v) is 1.64. The van der Waals surface area contributed by atoms with Crippen LogP contribution in [0.1, 0.15) is 19.4 Å². The van der Waals surface area contributed by atoms with Gasteiger partial charge >= 0.3 is 0 Å². The number of benzene rings is 1. The molecule has 0 spiro atoms. The van der Waals surface area contributed by atoms with Crippen LogP contribution in [0.25, 0.3) is 6.08 Å². The van der Waals surface area contributed by atoms with Crippen LogP contribution < -0.4 is 4.74 Å². The summed E-state index contributed by atoms with van der Waals surface area (Å²) in [6.07, 6.45) is 2.49. The molecule has 0 aromatic heterocycles. The maximum atomic E-state index is 10.1. The zero-order valence-corrected chi connectivity index (χ0v) is 8.71. The molecular weight excluding hydrogens is 194 g/mol. The topological polar surface area (TPSA) is 52.4 Å². The minimum Gasteiger partial charge on any atom is -0.491 e. The van der Waals surface area contributed by atoms with Gasteiger partial charge in [-0.15, -0.1) is 0 Å². The average molecular weight is 207 g/mol. The van der Waals surface area contributed by atoms with E-state index in [4.69, 9.17) is 4.74 Å². The number of hydrogen-bond acceptors (Lipinski definition) is 3. The largest absolute Gasteiger partial charge is 0.491 e. The van der Waals surface area contributed by atoms with Gasteiger partial charge in [0.05, 0.1) is 11.0 Å². The first-order chi connectivity index (χ1) is 7.08. The number of ether oxygens (including phenoxy) is 1. The zero-order chi connectivity index (χ0) is 11.3. The lowest BCUT2D eigenvalue weighted by atomic mass is 10.2. The number of nitrogens with zero attached hydrogens (tertiary/aromatic N) is 1. The van der Waals surface area contributed by atoms with Crippen molar-refractivity contribution in [2.24, 2.45) is 0 Å². The van der Waals surface area contributed by atoms with Gasteiger partial charge in [-0.25, -0.2) is 0 Å². The summed E-state index contributed by atoms with van der Waals surface area (Å²) < 4.78 is 5.44. The fraction of sp³-hybridized carbons (Fsp3) is 0.273. The lowest BCUT2D eigenvalue weighted by Crippen LogP contribution is -2.05. The van der Waals surface area contributed by atoms with Crippen LogP contribution in [-0.2, 0) is 0 Å². The third-order valence-electron chi connectivity index (χ3n) is 1.64. The Labute approximate surface area is 88.3 Å². The van der Waals surface area contributed by atoms with E-state index in [1.165, 1.54) is 6.08 Å². The highest BCUT2D eigenvalue weighted by Crippen LogP contribution is 2.14. The van der Waals surface area contributed by atoms with Crippen LogP contribution >= 0.6 is 0 Å². The lowest BCUT2D eigenvalue weighted by molar-refractivity contribution is -0.400. The molecule has 15 heavy (non-hydrogen) atoms. The molecule has 0 N–H and O–H groups in total. The van der Waals surface area contributed by atoms with Crippen LogP contribution in [0.3, 0.4) is 0 Å². The molecule has 0 atom stereocenters. The molecule has 0 aliphatic rings. The Morgan fingerprint density at radius 3 is 2.40 bits per heavy atom.